The summed E-state index contributed by atoms with van der Waals surface area (Å²) < 4.78 is 5.58. The maximum atomic E-state index is 12.6. The molecule has 0 saturated carbocycles. The average Bonchev–Trinajstić information content (AvgIpc) is 2.67. The van der Waals surface area contributed by atoms with Gasteiger partial charge in [0.25, 0.3) is 0 Å². The molecule has 0 fully saturated rings. The minimum Gasteiger partial charge on any atom is -0.491 e. The van der Waals surface area contributed by atoms with Gasteiger partial charge in [0.05, 0.1) is 11.8 Å². The molecule has 2 aromatic carbocycles. The Labute approximate surface area is 164 Å². The van der Waals surface area contributed by atoms with Crippen LogP contribution in [0.2, 0.25) is 0 Å². The third-order valence-corrected chi connectivity index (χ3v) is 5.15. The summed E-state index contributed by atoms with van der Waals surface area (Å²) in [5, 5.41) is 2.83. The second-order valence-corrected chi connectivity index (χ2v) is 7.74. The van der Waals surface area contributed by atoms with Crippen LogP contribution in [-0.2, 0) is 9.59 Å². The van der Waals surface area contributed by atoms with Crippen LogP contribution in [0.1, 0.15) is 26.7 Å². The predicted octanol–water partition coefficient (Wildman–Crippen LogP) is 4.33. The van der Waals surface area contributed by atoms with Crippen molar-refractivity contribution in [1.82, 2.24) is 0 Å². The number of rotatable bonds is 6. The number of carbonyl (C=O) groups is 2. The molecule has 2 aromatic rings. The fraction of sp³-hybridized carbons (Fsp3) is 0.333. The summed E-state index contributed by atoms with van der Waals surface area (Å²) in [4.78, 5) is 27.7. The summed E-state index contributed by atoms with van der Waals surface area (Å²) in [6.45, 7) is 4.61. The van der Waals surface area contributed by atoms with E-state index in [9.17, 15) is 9.59 Å². The quantitative estimate of drug-likeness (QED) is 0.805. The summed E-state index contributed by atoms with van der Waals surface area (Å²) >= 11 is 1.76. The summed E-state index contributed by atoms with van der Waals surface area (Å²) in [5.41, 5.74) is 1.64. The third-order valence-electron chi connectivity index (χ3n) is 4.11. The van der Waals surface area contributed by atoms with Gasteiger partial charge in [-0.25, -0.2) is 0 Å². The molecule has 1 heterocycles. The van der Waals surface area contributed by atoms with E-state index in [0.29, 0.717) is 12.2 Å². The lowest BCUT2D eigenvalue weighted by Crippen LogP contribution is -2.35. The monoisotopic (exact) mass is 384 g/mol. The molecule has 3 rings (SSSR count). The SMILES string of the molecule is CC(C)Oc1ccc(NC(=O)CCC(=O)N2CCSc3ccccc32)cc1. The van der Waals surface area contributed by atoms with E-state index in [4.69, 9.17) is 4.74 Å². The number of anilines is 2. The molecule has 0 spiro atoms. The highest BCUT2D eigenvalue weighted by atomic mass is 32.2. The van der Waals surface area contributed by atoms with Crippen LogP contribution in [-0.4, -0.2) is 30.2 Å². The predicted molar refractivity (Wildman–Crippen MR) is 110 cm³/mol. The van der Waals surface area contributed by atoms with Crippen molar-refractivity contribution in [2.24, 2.45) is 0 Å². The van der Waals surface area contributed by atoms with Gasteiger partial charge in [-0.1, -0.05) is 12.1 Å². The summed E-state index contributed by atoms with van der Waals surface area (Å²) in [6, 6.07) is 15.1. The molecule has 142 valence electrons. The van der Waals surface area contributed by atoms with Crippen molar-refractivity contribution in [3.63, 3.8) is 0 Å². The zero-order valence-electron chi connectivity index (χ0n) is 15.6. The molecular formula is C21H24N2O3S. The molecule has 0 bridgehead atoms. The first-order valence-electron chi connectivity index (χ1n) is 9.11. The van der Waals surface area contributed by atoms with E-state index in [1.807, 2.05) is 50.2 Å². The van der Waals surface area contributed by atoms with Crippen LogP contribution in [0.5, 0.6) is 5.75 Å². The summed E-state index contributed by atoms with van der Waals surface area (Å²) in [6.07, 6.45) is 0.462. The normalized spacial score (nSPS) is 13.2. The number of nitrogens with one attached hydrogen (secondary N) is 1. The molecule has 5 nitrogen and oxygen atoms in total. The van der Waals surface area contributed by atoms with Crippen molar-refractivity contribution in [1.29, 1.82) is 0 Å². The highest BCUT2D eigenvalue weighted by Gasteiger charge is 2.22. The molecule has 0 aromatic heterocycles. The van der Waals surface area contributed by atoms with Crippen molar-refractivity contribution in [2.45, 2.75) is 37.7 Å². The second-order valence-electron chi connectivity index (χ2n) is 6.60. The third kappa shape index (κ3) is 5.26. The number of para-hydroxylation sites is 1. The van der Waals surface area contributed by atoms with E-state index >= 15 is 0 Å². The Kier molecular flexibility index (Phi) is 6.40. The maximum Gasteiger partial charge on any atom is 0.227 e. The van der Waals surface area contributed by atoms with E-state index < -0.39 is 0 Å². The molecule has 0 saturated heterocycles. The van der Waals surface area contributed by atoms with Gasteiger partial charge in [0.1, 0.15) is 5.75 Å². The van der Waals surface area contributed by atoms with Gasteiger partial charge in [-0.05, 0) is 50.2 Å². The van der Waals surface area contributed by atoms with Gasteiger partial charge in [0.15, 0.2) is 0 Å². The van der Waals surface area contributed by atoms with Crippen molar-refractivity contribution in [3.8, 4) is 5.75 Å². The standard InChI is InChI=1S/C21H24N2O3S/c1-15(2)26-17-9-7-16(8-10-17)22-20(24)11-12-21(25)23-13-14-27-19-6-4-3-5-18(19)23/h3-10,15H,11-14H2,1-2H3,(H,22,24). The minimum atomic E-state index is -0.166. The number of benzene rings is 2. The van der Waals surface area contributed by atoms with E-state index in [-0.39, 0.29) is 30.8 Å². The first-order valence-corrected chi connectivity index (χ1v) is 10.1. The average molecular weight is 385 g/mol. The topological polar surface area (TPSA) is 58.6 Å². The molecule has 0 radical (unpaired) electrons. The number of hydrogen-bond acceptors (Lipinski definition) is 4. The van der Waals surface area contributed by atoms with Gasteiger partial charge >= 0.3 is 0 Å². The Morgan fingerprint density at radius 2 is 1.85 bits per heavy atom. The molecule has 1 aliphatic rings. The van der Waals surface area contributed by atoms with Crippen LogP contribution in [0.4, 0.5) is 11.4 Å². The van der Waals surface area contributed by atoms with Gasteiger partial charge in [0, 0.05) is 35.7 Å². The highest BCUT2D eigenvalue weighted by Crippen LogP contribution is 2.34. The molecule has 1 aliphatic heterocycles. The number of hydrogen-bond donors (Lipinski definition) is 1. The molecule has 0 unspecified atom stereocenters. The maximum absolute atomic E-state index is 12.6. The van der Waals surface area contributed by atoms with Crippen LogP contribution in [0.25, 0.3) is 0 Å². The zero-order chi connectivity index (χ0) is 19.2. The lowest BCUT2D eigenvalue weighted by molar-refractivity contribution is -0.122. The lowest BCUT2D eigenvalue weighted by Gasteiger charge is -2.29. The Morgan fingerprint density at radius 3 is 2.59 bits per heavy atom. The number of ether oxygens (including phenoxy) is 1. The largest absolute Gasteiger partial charge is 0.491 e. The molecule has 27 heavy (non-hydrogen) atoms. The number of amides is 2. The van der Waals surface area contributed by atoms with Crippen molar-refractivity contribution in [3.05, 3.63) is 48.5 Å². The molecule has 6 heteroatoms. The van der Waals surface area contributed by atoms with E-state index in [2.05, 4.69) is 5.32 Å². The Hall–Kier alpha value is -2.47. The Morgan fingerprint density at radius 1 is 1.11 bits per heavy atom. The van der Waals surface area contributed by atoms with Crippen LogP contribution in [0.15, 0.2) is 53.4 Å². The molecule has 2 amide bonds. The number of fused-ring (bicyclic) bond motifs is 1. The van der Waals surface area contributed by atoms with Gasteiger partial charge in [0.2, 0.25) is 11.8 Å². The van der Waals surface area contributed by atoms with Crippen LogP contribution in [0.3, 0.4) is 0 Å². The molecular weight excluding hydrogens is 360 g/mol. The number of thioether (sulfide) groups is 1. The number of nitrogens with zero attached hydrogens (tertiary/aromatic N) is 1. The van der Waals surface area contributed by atoms with Crippen LogP contribution < -0.4 is 15.0 Å². The van der Waals surface area contributed by atoms with Crippen LogP contribution >= 0.6 is 11.8 Å². The smallest absolute Gasteiger partial charge is 0.227 e. The van der Waals surface area contributed by atoms with Gasteiger partial charge in [-0.2, -0.15) is 0 Å². The fourth-order valence-corrected chi connectivity index (χ4v) is 3.89. The van der Waals surface area contributed by atoms with E-state index in [1.54, 1.807) is 28.8 Å². The fourth-order valence-electron chi connectivity index (χ4n) is 2.90. The minimum absolute atomic E-state index is 0.0152. The zero-order valence-corrected chi connectivity index (χ0v) is 16.4. The lowest BCUT2D eigenvalue weighted by atomic mass is 10.2. The summed E-state index contributed by atoms with van der Waals surface area (Å²) in [5.74, 6) is 1.46. The van der Waals surface area contributed by atoms with Gasteiger partial charge < -0.3 is 15.0 Å². The van der Waals surface area contributed by atoms with Crippen molar-refractivity contribution < 1.29 is 14.3 Å². The Balaban J connectivity index is 1.51. The van der Waals surface area contributed by atoms with Gasteiger partial charge in [-0.15, -0.1) is 11.8 Å². The van der Waals surface area contributed by atoms with Crippen LogP contribution in [0, 0.1) is 0 Å². The highest BCUT2D eigenvalue weighted by molar-refractivity contribution is 7.99. The summed E-state index contributed by atoms with van der Waals surface area (Å²) in [7, 11) is 0. The molecule has 0 atom stereocenters. The van der Waals surface area contributed by atoms with Crippen molar-refractivity contribution >= 4 is 35.0 Å². The second kappa shape index (κ2) is 8.95. The molecule has 0 aliphatic carbocycles. The van der Waals surface area contributed by atoms with Crippen molar-refractivity contribution in [2.75, 3.05) is 22.5 Å². The van der Waals surface area contributed by atoms with Gasteiger partial charge in [-0.3, -0.25) is 9.59 Å². The Bertz CT molecular complexity index is 805. The van der Waals surface area contributed by atoms with E-state index in [0.717, 1.165) is 22.1 Å². The molecule has 1 N–H and O–H groups in total. The first-order chi connectivity index (χ1) is 13.0. The first kappa shape index (κ1) is 19.3. The number of carbonyl (C=O) groups excluding carboxylic acids is 2. The van der Waals surface area contributed by atoms with E-state index in [1.165, 1.54) is 0 Å².